The molecule has 0 aliphatic carbocycles. The number of benzene rings is 1. The molecule has 0 heterocycles. The van der Waals surface area contributed by atoms with Gasteiger partial charge in [-0.05, 0) is 31.0 Å². The van der Waals surface area contributed by atoms with Crippen molar-refractivity contribution in [2.24, 2.45) is 0 Å². The summed E-state index contributed by atoms with van der Waals surface area (Å²) in [6.07, 6.45) is 0.232. The van der Waals surface area contributed by atoms with E-state index in [-0.39, 0.29) is 12.4 Å². The van der Waals surface area contributed by atoms with Gasteiger partial charge in [0.2, 0.25) is 0 Å². The second kappa shape index (κ2) is 5.03. The van der Waals surface area contributed by atoms with Crippen molar-refractivity contribution in [1.82, 2.24) is 0 Å². The van der Waals surface area contributed by atoms with Crippen LogP contribution in [0.1, 0.15) is 18.1 Å². The summed E-state index contributed by atoms with van der Waals surface area (Å²) in [5, 5.41) is 0.544. The Morgan fingerprint density at radius 1 is 1.53 bits per heavy atom. The Morgan fingerprint density at radius 2 is 2.20 bits per heavy atom. The van der Waals surface area contributed by atoms with Crippen LogP contribution in [0.2, 0.25) is 5.02 Å². The quantitative estimate of drug-likeness (QED) is 0.637. The van der Waals surface area contributed by atoms with Gasteiger partial charge in [0, 0.05) is 0 Å². The van der Waals surface area contributed by atoms with E-state index in [0.29, 0.717) is 17.3 Å². The van der Waals surface area contributed by atoms with Crippen LogP contribution >= 0.6 is 11.6 Å². The van der Waals surface area contributed by atoms with E-state index < -0.39 is 0 Å². The number of nitrogens with two attached hydrogens (primary N) is 1. The van der Waals surface area contributed by atoms with Crippen molar-refractivity contribution >= 4 is 23.3 Å². The number of carbonyl (C=O) groups is 1. The molecule has 2 N–H and O–H groups in total. The highest BCUT2D eigenvalue weighted by atomic mass is 35.5. The standard InChI is InChI=1S/C11H14ClNO2/c1-3-15-10(14)6-8-4-7(2)11(12)9(13)5-8/h4-5H,3,6,13H2,1-2H3. The van der Waals surface area contributed by atoms with Gasteiger partial charge in [-0.2, -0.15) is 0 Å². The van der Waals surface area contributed by atoms with Gasteiger partial charge >= 0.3 is 5.97 Å². The van der Waals surface area contributed by atoms with Gasteiger partial charge in [0.1, 0.15) is 0 Å². The molecule has 0 radical (unpaired) electrons. The lowest BCUT2D eigenvalue weighted by molar-refractivity contribution is -0.142. The molecule has 0 spiro atoms. The molecule has 0 aromatic heterocycles. The Morgan fingerprint density at radius 3 is 2.73 bits per heavy atom. The molecule has 1 aromatic carbocycles. The van der Waals surface area contributed by atoms with Gasteiger partial charge in [-0.3, -0.25) is 4.79 Å². The summed E-state index contributed by atoms with van der Waals surface area (Å²) in [5.41, 5.74) is 7.88. The second-order valence-electron chi connectivity index (χ2n) is 3.30. The Hall–Kier alpha value is -1.22. The van der Waals surface area contributed by atoms with Gasteiger partial charge in [0.25, 0.3) is 0 Å². The van der Waals surface area contributed by atoms with Crippen molar-refractivity contribution in [2.75, 3.05) is 12.3 Å². The lowest BCUT2D eigenvalue weighted by Crippen LogP contribution is -2.08. The van der Waals surface area contributed by atoms with Gasteiger partial charge < -0.3 is 10.5 Å². The van der Waals surface area contributed by atoms with Crippen LogP contribution in [0, 0.1) is 6.92 Å². The lowest BCUT2D eigenvalue weighted by atomic mass is 10.1. The van der Waals surface area contributed by atoms with Gasteiger partial charge in [-0.1, -0.05) is 17.7 Å². The van der Waals surface area contributed by atoms with E-state index in [9.17, 15) is 4.79 Å². The topological polar surface area (TPSA) is 52.3 Å². The molecular formula is C11H14ClNO2. The minimum absolute atomic E-state index is 0.232. The summed E-state index contributed by atoms with van der Waals surface area (Å²) in [5.74, 6) is -0.251. The molecule has 4 heteroatoms. The highest BCUT2D eigenvalue weighted by Crippen LogP contribution is 2.24. The molecule has 1 rings (SSSR count). The lowest BCUT2D eigenvalue weighted by Gasteiger charge is -2.07. The maximum atomic E-state index is 11.2. The third-order valence-corrected chi connectivity index (χ3v) is 2.51. The van der Waals surface area contributed by atoms with E-state index in [1.165, 1.54) is 0 Å². The molecule has 0 bridgehead atoms. The Labute approximate surface area is 94.2 Å². The number of carbonyl (C=O) groups excluding carboxylic acids is 1. The van der Waals surface area contributed by atoms with E-state index >= 15 is 0 Å². The first kappa shape index (κ1) is 11.9. The number of ether oxygens (including phenoxy) is 1. The van der Waals surface area contributed by atoms with Crippen molar-refractivity contribution in [3.05, 3.63) is 28.3 Å². The first-order valence-electron chi connectivity index (χ1n) is 4.74. The number of hydrogen-bond acceptors (Lipinski definition) is 3. The van der Waals surface area contributed by atoms with Crippen molar-refractivity contribution in [3.63, 3.8) is 0 Å². The van der Waals surface area contributed by atoms with E-state index in [2.05, 4.69) is 0 Å². The van der Waals surface area contributed by atoms with Crippen molar-refractivity contribution in [2.45, 2.75) is 20.3 Å². The first-order chi connectivity index (χ1) is 7.04. The van der Waals surface area contributed by atoms with Crippen LogP contribution < -0.4 is 5.73 Å². The van der Waals surface area contributed by atoms with Gasteiger partial charge in [-0.25, -0.2) is 0 Å². The first-order valence-corrected chi connectivity index (χ1v) is 5.12. The molecule has 0 saturated heterocycles. The summed E-state index contributed by atoms with van der Waals surface area (Å²) < 4.78 is 4.84. The number of esters is 1. The highest BCUT2D eigenvalue weighted by Gasteiger charge is 2.07. The molecule has 1 aromatic rings. The SMILES string of the molecule is CCOC(=O)Cc1cc(C)c(Cl)c(N)c1. The molecule has 0 aliphatic heterocycles. The summed E-state index contributed by atoms with van der Waals surface area (Å²) in [7, 11) is 0. The third kappa shape index (κ3) is 3.13. The average molecular weight is 228 g/mol. The van der Waals surface area contributed by atoms with Crippen LogP contribution in [0.25, 0.3) is 0 Å². The van der Waals surface area contributed by atoms with E-state index in [4.69, 9.17) is 22.1 Å². The average Bonchev–Trinajstić information content (AvgIpc) is 2.14. The third-order valence-electron chi connectivity index (χ3n) is 2.00. The minimum Gasteiger partial charge on any atom is -0.466 e. The van der Waals surface area contributed by atoms with Crippen LogP contribution in [-0.4, -0.2) is 12.6 Å². The van der Waals surface area contributed by atoms with Crippen molar-refractivity contribution < 1.29 is 9.53 Å². The van der Waals surface area contributed by atoms with Crippen molar-refractivity contribution in [1.29, 1.82) is 0 Å². The molecule has 0 saturated carbocycles. The summed E-state index contributed by atoms with van der Waals surface area (Å²) in [6, 6.07) is 3.54. The molecule has 15 heavy (non-hydrogen) atoms. The molecular weight excluding hydrogens is 214 g/mol. The predicted molar refractivity (Wildman–Crippen MR) is 60.9 cm³/mol. The molecule has 0 atom stereocenters. The number of halogens is 1. The smallest absolute Gasteiger partial charge is 0.310 e. The molecule has 82 valence electrons. The zero-order chi connectivity index (χ0) is 11.4. The van der Waals surface area contributed by atoms with E-state index in [1.807, 2.05) is 13.0 Å². The molecule has 0 unspecified atom stereocenters. The van der Waals surface area contributed by atoms with Crippen LogP contribution in [0.4, 0.5) is 5.69 Å². The number of anilines is 1. The molecule has 0 fully saturated rings. The molecule has 0 amide bonds. The van der Waals surface area contributed by atoms with Gasteiger partial charge in [0.05, 0.1) is 23.7 Å². The monoisotopic (exact) mass is 227 g/mol. The fourth-order valence-electron chi connectivity index (χ4n) is 1.35. The Bertz CT molecular complexity index is 354. The maximum absolute atomic E-state index is 11.2. The summed E-state index contributed by atoms with van der Waals surface area (Å²) in [4.78, 5) is 11.2. The number of aryl methyl sites for hydroxylation is 1. The second-order valence-corrected chi connectivity index (χ2v) is 3.68. The van der Waals surface area contributed by atoms with Crippen LogP contribution in [0.5, 0.6) is 0 Å². The summed E-state index contributed by atoms with van der Waals surface area (Å²) in [6.45, 7) is 4.02. The fraction of sp³-hybridized carbons (Fsp3) is 0.364. The largest absolute Gasteiger partial charge is 0.466 e. The number of rotatable bonds is 3. The maximum Gasteiger partial charge on any atom is 0.310 e. The van der Waals surface area contributed by atoms with Crippen LogP contribution in [0.3, 0.4) is 0 Å². The van der Waals surface area contributed by atoms with E-state index in [1.54, 1.807) is 13.0 Å². The predicted octanol–water partition coefficient (Wildman–Crippen LogP) is 2.34. The Kier molecular flexibility index (Phi) is 3.97. The van der Waals surface area contributed by atoms with Crippen LogP contribution in [0.15, 0.2) is 12.1 Å². The van der Waals surface area contributed by atoms with Crippen LogP contribution in [-0.2, 0) is 16.0 Å². The molecule has 0 aliphatic rings. The number of hydrogen-bond donors (Lipinski definition) is 1. The van der Waals surface area contributed by atoms with Gasteiger partial charge in [-0.15, -0.1) is 0 Å². The van der Waals surface area contributed by atoms with E-state index in [0.717, 1.165) is 11.1 Å². The number of nitrogen functional groups attached to an aromatic ring is 1. The van der Waals surface area contributed by atoms with Gasteiger partial charge in [0.15, 0.2) is 0 Å². The molecule has 3 nitrogen and oxygen atoms in total. The van der Waals surface area contributed by atoms with Crippen molar-refractivity contribution in [3.8, 4) is 0 Å². The fourth-order valence-corrected chi connectivity index (χ4v) is 1.46. The zero-order valence-electron chi connectivity index (χ0n) is 8.84. The normalized spacial score (nSPS) is 10.1. The Balaban J connectivity index is 2.83. The zero-order valence-corrected chi connectivity index (χ0v) is 9.60. The highest BCUT2D eigenvalue weighted by molar-refractivity contribution is 6.33. The minimum atomic E-state index is -0.251. The summed E-state index contributed by atoms with van der Waals surface area (Å²) >= 11 is 5.91.